The highest BCUT2D eigenvalue weighted by Crippen LogP contribution is 2.26. The highest BCUT2D eigenvalue weighted by atomic mass is 16.5. The number of amides is 1. The van der Waals surface area contributed by atoms with Gasteiger partial charge >= 0.3 is 0 Å². The van der Waals surface area contributed by atoms with E-state index in [-0.39, 0.29) is 5.91 Å². The summed E-state index contributed by atoms with van der Waals surface area (Å²) in [6.07, 6.45) is 1.84. The number of hydrogen-bond acceptors (Lipinski definition) is 3. The molecule has 0 radical (unpaired) electrons. The molecule has 40 heavy (non-hydrogen) atoms. The van der Waals surface area contributed by atoms with Gasteiger partial charge in [0.05, 0.1) is 7.11 Å². The van der Waals surface area contributed by atoms with Crippen LogP contribution in [-0.4, -0.2) is 60.5 Å². The average Bonchev–Trinajstić information content (AvgIpc) is 3.28. The molecular weight excluding hydrogens is 494 g/mol. The molecule has 6 rings (SSSR count). The van der Waals surface area contributed by atoms with Gasteiger partial charge in [-0.25, -0.2) is 0 Å². The van der Waals surface area contributed by atoms with Gasteiger partial charge in [0.1, 0.15) is 5.75 Å². The van der Waals surface area contributed by atoms with Gasteiger partial charge in [0.2, 0.25) is 0 Å². The lowest BCUT2D eigenvalue weighted by atomic mass is 10.0. The van der Waals surface area contributed by atoms with E-state index < -0.39 is 0 Å². The Balaban J connectivity index is 1.03. The number of fused-ring (bicyclic) bond motifs is 2. The van der Waals surface area contributed by atoms with Gasteiger partial charge in [0, 0.05) is 54.9 Å². The maximum Gasteiger partial charge on any atom is 0.253 e. The minimum absolute atomic E-state index is 0.132. The SMILES string of the molecule is COc1ccc2cccc(CCN3CCN(C(=O)c4ccc(Cc5ccc6[nH]c(C)c(C)c6c5)cc4)CC3)c2c1. The molecule has 1 aliphatic heterocycles. The standard InChI is InChI=1S/C35H37N3O2/c1-24-25(2)36-34-14-9-27(22-32(24)34)21-26-7-10-30(11-8-26)35(39)38-19-17-37(18-20-38)16-15-29-6-4-5-28-12-13-31(40-3)23-33(28)29/h4-14,22-23,36H,15-21H2,1-3H3. The number of hydrogen-bond donors (Lipinski definition) is 1. The Morgan fingerprint density at radius 1 is 0.850 bits per heavy atom. The molecule has 4 aromatic carbocycles. The lowest BCUT2D eigenvalue weighted by molar-refractivity contribution is 0.0638. The first-order valence-corrected chi connectivity index (χ1v) is 14.2. The Hall–Kier alpha value is -4.09. The van der Waals surface area contributed by atoms with Crippen molar-refractivity contribution in [2.75, 3.05) is 39.8 Å². The van der Waals surface area contributed by atoms with Gasteiger partial charge < -0.3 is 14.6 Å². The molecule has 204 valence electrons. The fourth-order valence-corrected chi connectivity index (χ4v) is 5.92. The summed E-state index contributed by atoms with van der Waals surface area (Å²) in [5.74, 6) is 1.02. The van der Waals surface area contributed by atoms with Gasteiger partial charge in [-0.2, -0.15) is 0 Å². The third-order valence-corrected chi connectivity index (χ3v) is 8.52. The monoisotopic (exact) mass is 531 g/mol. The Kier molecular flexibility index (Phi) is 7.31. The van der Waals surface area contributed by atoms with Crippen LogP contribution < -0.4 is 4.74 Å². The second-order valence-electron chi connectivity index (χ2n) is 11.0. The fraction of sp³-hybridized carbons (Fsp3) is 0.286. The molecule has 1 aliphatic rings. The van der Waals surface area contributed by atoms with E-state index in [1.54, 1.807) is 7.11 Å². The van der Waals surface area contributed by atoms with Crippen molar-refractivity contribution in [3.63, 3.8) is 0 Å². The maximum atomic E-state index is 13.2. The molecule has 1 aromatic heterocycles. The van der Waals surface area contributed by atoms with Crippen LogP contribution in [0, 0.1) is 13.8 Å². The maximum absolute atomic E-state index is 13.2. The van der Waals surface area contributed by atoms with Crippen molar-refractivity contribution in [3.8, 4) is 5.75 Å². The highest BCUT2D eigenvalue weighted by Gasteiger charge is 2.22. The number of aryl methyl sites for hydroxylation is 2. The Morgan fingerprint density at radius 3 is 2.40 bits per heavy atom. The number of carbonyl (C=O) groups excluding carboxylic acids is 1. The Bertz CT molecular complexity index is 1660. The molecule has 0 unspecified atom stereocenters. The molecule has 0 aliphatic carbocycles. The van der Waals surface area contributed by atoms with E-state index in [1.165, 1.54) is 49.6 Å². The summed E-state index contributed by atoms with van der Waals surface area (Å²) in [7, 11) is 1.71. The van der Waals surface area contributed by atoms with Crippen LogP contribution in [0.2, 0.25) is 0 Å². The first-order chi connectivity index (χ1) is 19.5. The minimum Gasteiger partial charge on any atom is -0.497 e. The third kappa shape index (κ3) is 5.34. The number of piperazine rings is 1. The zero-order valence-corrected chi connectivity index (χ0v) is 23.7. The number of benzene rings is 4. The van der Waals surface area contributed by atoms with Crippen LogP contribution in [0.3, 0.4) is 0 Å². The van der Waals surface area contributed by atoms with Crippen molar-refractivity contribution in [2.45, 2.75) is 26.7 Å². The molecule has 5 aromatic rings. The minimum atomic E-state index is 0.132. The molecule has 1 N–H and O–H groups in total. The Labute approximate surface area is 236 Å². The van der Waals surface area contributed by atoms with Crippen molar-refractivity contribution < 1.29 is 9.53 Å². The lowest BCUT2D eigenvalue weighted by Gasteiger charge is -2.35. The number of H-pyrrole nitrogens is 1. The van der Waals surface area contributed by atoms with Crippen molar-refractivity contribution >= 4 is 27.6 Å². The molecule has 0 atom stereocenters. The molecular formula is C35H37N3O2. The van der Waals surface area contributed by atoms with Crippen LogP contribution >= 0.6 is 0 Å². The summed E-state index contributed by atoms with van der Waals surface area (Å²) in [5, 5.41) is 3.79. The molecule has 0 saturated carbocycles. The molecule has 0 spiro atoms. The number of rotatable bonds is 7. The van der Waals surface area contributed by atoms with Crippen molar-refractivity contribution in [2.24, 2.45) is 0 Å². The summed E-state index contributed by atoms with van der Waals surface area (Å²) in [6.45, 7) is 8.60. The normalized spacial score (nSPS) is 14.2. The topological polar surface area (TPSA) is 48.6 Å². The molecule has 0 bridgehead atoms. The van der Waals surface area contributed by atoms with Crippen LogP contribution in [0.4, 0.5) is 0 Å². The number of aromatic nitrogens is 1. The van der Waals surface area contributed by atoms with Crippen molar-refractivity contribution in [1.29, 1.82) is 0 Å². The zero-order valence-electron chi connectivity index (χ0n) is 23.7. The van der Waals surface area contributed by atoms with E-state index in [0.29, 0.717) is 0 Å². The quantitative estimate of drug-likeness (QED) is 0.260. The molecule has 5 nitrogen and oxygen atoms in total. The smallest absolute Gasteiger partial charge is 0.253 e. The average molecular weight is 532 g/mol. The van der Waals surface area contributed by atoms with Crippen LogP contribution in [0.1, 0.15) is 38.3 Å². The number of methoxy groups -OCH3 is 1. The second-order valence-corrected chi connectivity index (χ2v) is 11.0. The van der Waals surface area contributed by atoms with Crippen molar-refractivity contribution in [1.82, 2.24) is 14.8 Å². The number of aromatic amines is 1. The van der Waals surface area contributed by atoms with Gasteiger partial charge in [0.15, 0.2) is 0 Å². The number of nitrogens with zero attached hydrogens (tertiary/aromatic N) is 2. The van der Waals surface area contributed by atoms with E-state index in [1.807, 2.05) is 23.1 Å². The van der Waals surface area contributed by atoms with Gasteiger partial charge in [-0.3, -0.25) is 9.69 Å². The van der Waals surface area contributed by atoms with Crippen LogP contribution in [-0.2, 0) is 12.8 Å². The van der Waals surface area contributed by atoms with Crippen LogP contribution in [0.15, 0.2) is 78.9 Å². The summed E-state index contributed by atoms with van der Waals surface area (Å²) in [5.41, 5.74) is 8.34. The van der Waals surface area contributed by atoms with E-state index in [4.69, 9.17) is 4.74 Å². The molecule has 1 amide bonds. The van der Waals surface area contributed by atoms with E-state index in [9.17, 15) is 4.79 Å². The second kappa shape index (κ2) is 11.2. The van der Waals surface area contributed by atoms with Gasteiger partial charge in [-0.1, -0.05) is 42.5 Å². The number of carbonyl (C=O) groups is 1. The van der Waals surface area contributed by atoms with E-state index in [2.05, 4.69) is 84.4 Å². The van der Waals surface area contributed by atoms with Crippen LogP contribution in [0.5, 0.6) is 5.75 Å². The predicted octanol–water partition coefficient (Wildman–Crippen LogP) is 6.54. The lowest BCUT2D eigenvalue weighted by Crippen LogP contribution is -2.49. The number of ether oxygens (including phenoxy) is 1. The van der Waals surface area contributed by atoms with Crippen molar-refractivity contribution in [3.05, 3.63) is 112 Å². The Morgan fingerprint density at radius 2 is 1.62 bits per heavy atom. The van der Waals surface area contributed by atoms with Gasteiger partial charge in [-0.15, -0.1) is 0 Å². The summed E-state index contributed by atoms with van der Waals surface area (Å²) in [6, 6.07) is 27.6. The first-order valence-electron chi connectivity index (χ1n) is 14.2. The number of nitrogens with one attached hydrogen (secondary N) is 1. The highest BCUT2D eigenvalue weighted by molar-refractivity contribution is 5.94. The van der Waals surface area contributed by atoms with E-state index in [0.717, 1.165) is 56.9 Å². The van der Waals surface area contributed by atoms with Crippen LogP contribution in [0.25, 0.3) is 21.7 Å². The summed E-state index contributed by atoms with van der Waals surface area (Å²) in [4.78, 5) is 21.2. The molecule has 2 heterocycles. The summed E-state index contributed by atoms with van der Waals surface area (Å²) < 4.78 is 5.45. The fourth-order valence-electron chi connectivity index (χ4n) is 5.92. The van der Waals surface area contributed by atoms with Gasteiger partial charge in [0.25, 0.3) is 5.91 Å². The zero-order chi connectivity index (χ0) is 27.6. The van der Waals surface area contributed by atoms with Gasteiger partial charge in [-0.05, 0) is 96.1 Å². The predicted molar refractivity (Wildman–Crippen MR) is 164 cm³/mol. The molecule has 1 fully saturated rings. The third-order valence-electron chi connectivity index (χ3n) is 8.52. The van der Waals surface area contributed by atoms with E-state index >= 15 is 0 Å². The first kappa shape index (κ1) is 26.1. The molecule has 1 saturated heterocycles. The largest absolute Gasteiger partial charge is 0.497 e. The molecule has 5 heteroatoms. The summed E-state index contributed by atoms with van der Waals surface area (Å²) >= 11 is 0.